The van der Waals surface area contributed by atoms with Crippen LogP contribution in [0.1, 0.15) is 16.2 Å². The first kappa shape index (κ1) is 18.6. The Labute approximate surface area is 177 Å². The van der Waals surface area contributed by atoms with Crippen LogP contribution in [0.15, 0.2) is 89.6 Å². The largest absolute Gasteiger partial charge is 0.419 e. The Morgan fingerprint density at radius 2 is 1.71 bits per heavy atom. The summed E-state index contributed by atoms with van der Waals surface area (Å²) in [5.41, 5.74) is 3.60. The van der Waals surface area contributed by atoms with Crippen molar-refractivity contribution in [3.05, 3.63) is 96.6 Å². The zero-order valence-corrected chi connectivity index (χ0v) is 16.4. The molecule has 0 fully saturated rings. The normalized spacial score (nSPS) is 10.8. The number of fused-ring (bicyclic) bond motifs is 1. The number of aromatic nitrogens is 4. The van der Waals surface area contributed by atoms with Crippen molar-refractivity contribution in [2.45, 2.75) is 6.54 Å². The van der Waals surface area contributed by atoms with E-state index in [9.17, 15) is 4.79 Å². The van der Waals surface area contributed by atoms with Crippen molar-refractivity contribution in [2.75, 3.05) is 0 Å². The first-order valence-corrected chi connectivity index (χ1v) is 9.74. The van der Waals surface area contributed by atoms with Gasteiger partial charge in [-0.15, -0.1) is 10.2 Å². The fraction of sp³-hybridized carbons (Fsp3) is 0.0417. The highest BCUT2D eigenvalue weighted by Gasteiger charge is 2.15. The summed E-state index contributed by atoms with van der Waals surface area (Å²) in [5, 5.41) is 11.7. The van der Waals surface area contributed by atoms with Gasteiger partial charge < -0.3 is 9.73 Å². The zero-order chi connectivity index (χ0) is 21.0. The average molecular weight is 407 g/mol. The Bertz CT molecular complexity index is 1350. The number of hydrogen-bond donors (Lipinski definition) is 1. The van der Waals surface area contributed by atoms with E-state index in [2.05, 4.69) is 25.5 Å². The van der Waals surface area contributed by atoms with Gasteiger partial charge in [0.15, 0.2) is 0 Å². The number of amides is 1. The molecular formula is C24H17N5O2. The monoisotopic (exact) mass is 407 g/mol. The molecule has 0 atom stereocenters. The fourth-order valence-corrected chi connectivity index (χ4v) is 3.30. The third-order valence-electron chi connectivity index (χ3n) is 4.81. The van der Waals surface area contributed by atoms with Crippen LogP contribution >= 0.6 is 0 Å². The van der Waals surface area contributed by atoms with E-state index in [-0.39, 0.29) is 12.5 Å². The molecule has 7 heteroatoms. The third-order valence-corrected chi connectivity index (χ3v) is 4.81. The lowest BCUT2D eigenvalue weighted by atomic mass is 10.0. The van der Waals surface area contributed by atoms with Gasteiger partial charge in [-0.2, -0.15) is 0 Å². The highest BCUT2D eigenvalue weighted by Crippen LogP contribution is 2.24. The number of nitrogens with one attached hydrogen (secondary N) is 1. The van der Waals surface area contributed by atoms with Crippen molar-refractivity contribution in [1.82, 2.24) is 25.5 Å². The molecule has 0 saturated carbocycles. The SMILES string of the molecule is O=C(NCc1nnc(-c2ccccc2)o1)c1cc(-c2cccnc2)nc2ccccc12. The summed E-state index contributed by atoms with van der Waals surface area (Å²) >= 11 is 0. The minimum absolute atomic E-state index is 0.123. The summed E-state index contributed by atoms with van der Waals surface area (Å²) in [5.74, 6) is 0.499. The maximum Gasteiger partial charge on any atom is 0.252 e. The Morgan fingerprint density at radius 1 is 0.903 bits per heavy atom. The second kappa shape index (κ2) is 8.16. The molecule has 0 radical (unpaired) electrons. The van der Waals surface area contributed by atoms with Gasteiger partial charge in [-0.1, -0.05) is 36.4 Å². The van der Waals surface area contributed by atoms with Crippen LogP contribution < -0.4 is 5.32 Å². The summed E-state index contributed by atoms with van der Waals surface area (Å²) in [6.45, 7) is 0.123. The van der Waals surface area contributed by atoms with Gasteiger partial charge in [0.2, 0.25) is 11.8 Å². The van der Waals surface area contributed by atoms with E-state index in [0.717, 1.165) is 22.0 Å². The number of nitrogens with zero attached hydrogens (tertiary/aromatic N) is 4. The lowest BCUT2D eigenvalue weighted by Gasteiger charge is -2.09. The molecule has 0 saturated heterocycles. The van der Waals surface area contributed by atoms with E-state index >= 15 is 0 Å². The standard InChI is InChI=1S/C24H17N5O2/c30-23(26-15-22-28-29-24(31-22)16-7-2-1-3-8-16)19-13-21(17-9-6-12-25-14-17)27-20-11-5-4-10-18(19)20/h1-14H,15H2,(H,26,30). The highest BCUT2D eigenvalue weighted by atomic mass is 16.4. The van der Waals surface area contributed by atoms with Gasteiger partial charge in [0.05, 0.1) is 23.3 Å². The van der Waals surface area contributed by atoms with Gasteiger partial charge in [0, 0.05) is 28.9 Å². The van der Waals surface area contributed by atoms with Crippen molar-refractivity contribution in [2.24, 2.45) is 0 Å². The molecule has 7 nitrogen and oxygen atoms in total. The van der Waals surface area contributed by atoms with Gasteiger partial charge in [-0.25, -0.2) is 4.98 Å². The van der Waals surface area contributed by atoms with Crippen LogP contribution in [0.4, 0.5) is 0 Å². The lowest BCUT2D eigenvalue weighted by Crippen LogP contribution is -2.23. The summed E-state index contributed by atoms with van der Waals surface area (Å²) in [4.78, 5) is 21.9. The van der Waals surface area contributed by atoms with E-state index in [1.54, 1.807) is 18.5 Å². The molecule has 31 heavy (non-hydrogen) atoms. The van der Waals surface area contributed by atoms with E-state index in [0.29, 0.717) is 23.0 Å². The first-order valence-electron chi connectivity index (χ1n) is 9.74. The Balaban J connectivity index is 1.41. The Morgan fingerprint density at radius 3 is 2.55 bits per heavy atom. The van der Waals surface area contributed by atoms with Crippen molar-refractivity contribution in [3.8, 4) is 22.7 Å². The molecule has 5 rings (SSSR count). The summed E-state index contributed by atoms with van der Waals surface area (Å²) in [6, 6.07) is 22.6. The predicted molar refractivity (Wildman–Crippen MR) is 116 cm³/mol. The van der Waals surface area contributed by atoms with Crippen molar-refractivity contribution in [3.63, 3.8) is 0 Å². The van der Waals surface area contributed by atoms with Crippen LogP contribution in [0.3, 0.4) is 0 Å². The molecule has 0 aliphatic heterocycles. The molecule has 0 aliphatic carbocycles. The molecule has 1 amide bonds. The van der Waals surface area contributed by atoms with Gasteiger partial charge in [0.25, 0.3) is 5.91 Å². The fourth-order valence-electron chi connectivity index (χ4n) is 3.30. The molecule has 0 spiro atoms. The zero-order valence-electron chi connectivity index (χ0n) is 16.4. The molecule has 0 bridgehead atoms. The number of carbonyl (C=O) groups excluding carboxylic acids is 1. The maximum atomic E-state index is 13.0. The Hall–Kier alpha value is -4.39. The van der Waals surface area contributed by atoms with Gasteiger partial charge in [0.1, 0.15) is 0 Å². The van der Waals surface area contributed by atoms with Crippen LogP contribution in [-0.2, 0) is 6.54 Å². The number of carbonyl (C=O) groups is 1. The van der Waals surface area contributed by atoms with Crippen LogP contribution in [0, 0.1) is 0 Å². The topological polar surface area (TPSA) is 93.8 Å². The van der Waals surface area contributed by atoms with Gasteiger partial charge in [-0.05, 0) is 36.4 Å². The molecule has 5 aromatic rings. The summed E-state index contributed by atoms with van der Waals surface area (Å²) < 4.78 is 5.68. The molecular weight excluding hydrogens is 390 g/mol. The van der Waals surface area contributed by atoms with E-state index in [4.69, 9.17) is 4.42 Å². The molecule has 150 valence electrons. The van der Waals surface area contributed by atoms with Crippen LogP contribution in [0.2, 0.25) is 0 Å². The minimum atomic E-state index is -0.247. The molecule has 3 aromatic heterocycles. The molecule has 0 unspecified atom stereocenters. The van der Waals surface area contributed by atoms with Gasteiger partial charge >= 0.3 is 0 Å². The second-order valence-electron chi connectivity index (χ2n) is 6.86. The van der Waals surface area contributed by atoms with Crippen molar-refractivity contribution in [1.29, 1.82) is 0 Å². The molecule has 2 aromatic carbocycles. The number of rotatable bonds is 5. The minimum Gasteiger partial charge on any atom is -0.419 e. The Kier molecular flexibility index (Phi) is 4.90. The maximum absolute atomic E-state index is 13.0. The highest BCUT2D eigenvalue weighted by molar-refractivity contribution is 6.07. The third kappa shape index (κ3) is 3.89. The average Bonchev–Trinajstić information content (AvgIpc) is 3.32. The molecule has 0 aliphatic rings. The summed E-state index contributed by atoms with van der Waals surface area (Å²) in [6.07, 6.45) is 3.43. The quantitative estimate of drug-likeness (QED) is 0.467. The smallest absolute Gasteiger partial charge is 0.252 e. The number of benzene rings is 2. The van der Waals surface area contributed by atoms with Crippen LogP contribution in [-0.4, -0.2) is 26.1 Å². The second-order valence-corrected chi connectivity index (χ2v) is 6.86. The van der Waals surface area contributed by atoms with E-state index < -0.39 is 0 Å². The van der Waals surface area contributed by atoms with E-state index in [1.165, 1.54) is 0 Å². The van der Waals surface area contributed by atoms with Crippen molar-refractivity contribution >= 4 is 16.8 Å². The molecule has 1 N–H and O–H groups in total. The van der Waals surface area contributed by atoms with Gasteiger partial charge in [-0.3, -0.25) is 9.78 Å². The first-order chi connectivity index (χ1) is 15.3. The number of para-hydroxylation sites is 1. The predicted octanol–water partition coefficient (Wildman–Crippen LogP) is 4.28. The number of hydrogen-bond acceptors (Lipinski definition) is 6. The van der Waals surface area contributed by atoms with Crippen LogP contribution in [0.25, 0.3) is 33.6 Å². The van der Waals surface area contributed by atoms with Crippen molar-refractivity contribution < 1.29 is 9.21 Å². The lowest BCUT2D eigenvalue weighted by molar-refractivity contribution is 0.0949. The van der Waals surface area contributed by atoms with Crippen LogP contribution in [0.5, 0.6) is 0 Å². The molecule has 3 heterocycles. The number of pyridine rings is 2. The summed E-state index contributed by atoms with van der Waals surface area (Å²) in [7, 11) is 0. The van der Waals surface area contributed by atoms with E-state index in [1.807, 2.05) is 66.7 Å².